The van der Waals surface area contributed by atoms with E-state index in [1.54, 1.807) is 0 Å². The first-order valence-corrected chi connectivity index (χ1v) is 16.0. The number of alkyl carbamates (subject to hydrolysis) is 1. The van der Waals surface area contributed by atoms with E-state index in [1.807, 2.05) is 31.7 Å². The summed E-state index contributed by atoms with van der Waals surface area (Å²) in [5, 5.41) is 3.04. The van der Waals surface area contributed by atoms with Crippen LogP contribution in [0, 0.1) is 29.1 Å². The summed E-state index contributed by atoms with van der Waals surface area (Å²) in [6, 6.07) is 1.81. The minimum atomic E-state index is -0.449. The molecule has 0 atom stereocenters. The topological polar surface area (TPSA) is 94.2 Å². The van der Waals surface area contributed by atoms with Crippen molar-refractivity contribution in [3.05, 3.63) is 15.8 Å². The molecule has 3 fully saturated rings. The van der Waals surface area contributed by atoms with Gasteiger partial charge in [0.1, 0.15) is 11.0 Å². The van der Waals surface area contributed by atoms with Gasteiger partial charge in [-0.25, -0.2) is 9.59 Å². The largest absolute Gasteiger partial charge is 0.465 e. The van der Waals surface area contributed by atoms with E-state index in [0.717, 1.165) is 69.1 Å². The summed E-state index contributed by atoms with van der Waals surface area (Å²) in [6.07, 6.45) is 7.66. The number of methoxy groups -OCH3 is 1. The maximum absolute atomic E-state index is 14.2. The Hall–Kier alpha value is -2.57. The van der Waals surface area contributed by atoms with Gasteiger partial charge in [-0.1, -0.05) is 18.8 Å². The zero-order chi connectivity index (χ0) is 29.6. The number of nitrogens with one attached hydrogen (secondary N) is 1. The van der Waals surface area contributed by atoms with Gasteiger partial charge in [0, 0.05) is 36.3 Å². The van der Waals surface area contributed by atoms with Crippen LogP contribution in [0.25, 0.3) is 0 Å². The van der Waals surface area contributed by atoms with E-state index in [-0.39, 0.29) is 41.5 Å². The lowest BCUT2D eigenvalue weighted by molar-refractivity contribution is -0.124. The molecule has 0 radical (unpaired) electrons. The first kappa shape index (κ1) is 31.4. The van der Waals surface area contributed by atoms with Crippen LogP contribution in [0.1, 0.15) is 106 Å². The molecular formula is C32H46N2O6S. The quantitative estimate of drug-likeness (QED) is 0.310. The van der Waals surface area contributed by atoms with Crippen LogP contribution < -0.4 is 10.2 Å². The van der Waals surface area contributed by atoms with Crippen LogP contribution >= 0.6 is 11.3 Å². The van der Waals surface area contributed by atoms with Gasteiger partial charge < -0.3 is 24.4 Å². The lowest BCUT2D eigenvalue weighted by Crippen LogP contribution is -2.49. The molecule has 2 saturated carbocycles. The molecule has 0 unspecified atom stereocenters. The van der Waals surface area contributed by atoms with Crippen molar-refractivity contribution in [3.8, 4) is 11.8 Å². The number of thiophene rings is 1. The minimum absolute atomic E-state index is 0.0122. The first-order chi connectivity index (χ1) is 19.5. The normalized spacial score (nSPS) is 25.4. The van der Waals surface area contributed by atoms with Gasteiger partial charge in [0.15, 0.2) is 0 Å². The number of ether oxygens (including phenoxy) is 3. The van der Waals surface area contributed by atoms with E-state index in [2.05, 4.69) is 24.1 Å². The van der Waals surface area contributed by atoms with Crippen molar-refractivity contribution in [2.24, 2.45) is 17.3 Å². The van der Waals surface area contributed by atoms with E-state index in [4.69, 9.17) is 14.2 Å². The molecule has 2 aliphatic carbocycles. The highest BCUT2D eigenvalue weighted by Crippen LogP contribution is 2.39. The van der Waals surface area contributed by atoms with Gasteiger partial charge in [0.25, 0.3) is 0 Å². The molecule has 41 heavy (non-hydrogen) atoms. The fraction of sp³-hybridized carbons (Fsp3) is 0.719. The average molecular weight is 587 g/mol. The second-order valence-corrected chi connectivity index (χ2v) is 13.9. The fourth-order valence-electron chi connectivity index (χ4n) is 5.93. The zero-order valence-corrected chi connectivity index (χ0v) is 26.1. The number of anilines is 1. The van der Waals surface area contributed by atoms with Crippen molar-refractivity contribution in [2.45, 2.75) is 110 Å². The number of rotatable bonds is 6. The molecule has 1 aromatic heterocycles. The molecule has 0 bridgehead atoms. The van der Waals surface area contributed by atoms with Crippen molar-refractivity contribution < 1.29 is 28.6 Å². The molecular weight excluding hydrogens is 540 g/mol. The van der Waals surface area contributed by atoms with Crippen molar-refractivity contribution >= 4 is 35.0 Å². The Morgan fingerprint density at radius 3 is 2.27 bits per heavy atom. The van der Waals surface area contributed by atoms with Crippen molar-refractivity contribution in [1.29, 1.82) is 0 Å². The molecule has 0 aromatic carbocycles. The number of carbonyl (C=O) groups is 3. The van der Waals surface area contributed by atoms with E-state index in [0.29, 0.717) is 29.7 Å². The Morgan fingerprint density at radius 2 is 1.66 bits per heavy atom. The lowest BCUT2D eigenvalue weighted by atomic mass is 9.81. The molecule has 1 aliphatic heterocycles. The Balaban J connectivity index is 1.54. The smallest absolute Gasteiger partial charge is 0.407 e. The molecule has 226 valence electrons. The molecule has 1 aromatic rings. The summed E-state index contributed by atoms with van der Waals surface area (Å²) in [4.78, 5) is 42.8. The molecule has 8 nitrogen and oxygen atoms in total. The van der Waals surface area contributed by atoms with E-state index in [9.17, 15) is 14.4 Å². The zero-order valence-electron chi connectivity index (χ0n) is 25.3. The molecule has 0 spiro atoms. The summed E-state index contributed by atoms with van der Waals surface area (Å²) in [5.74, 6) is 6.67. The molecule has 4 rings (SSSR count). The standard InChI is InChI=1S/C32H46N2O6S/c1-21-6-8-22(9-7-21)29(35)34(27-20-26(14-17-32(2,3)4)41-28(27)30(36)38-5)24-12-10-23(11-13-24)33-31(37)40-25-15-18-39-19-16-25/h20-25H,6-13,15-16,18-19H2,1-5H3,(H,33,37). The number of amides is 2. The van der Waals surface area contributed by atoms with Gasteiger partial charge in [-0.3, -0.25) is 4.79 Å². The Kier molecular flexibility index (Phi) is 10.8. The predicted molar refractivity (Wildman–Crippen MR) is 160 cm³/mol. The highest BCUT2D eigenvalue weighted by molar-refractivity contribution is 7.15. The van der Waals surface area contributed by atoms with Crippen molar-refractivity contribution in [1.82, 2.24) is 5.32 Å². The third-order valence-electron chi connectivity index (χ3n) is 8.33. The maximum Gasteiger partial charge on any atom is 0.407 e. The van der Waals surface area contributed by atoms with Gasteiger partial charge >= 0.3 is 12.1 Å². The van der Waals surface area contributed by atoms with E-state index >= 15 is 0 Å². The van der Waals surface area contributed by atoms with E-state index < -0.39 is 5.97 Å². The highest BCUT2D eigenvalue weighted by atomic mass is 32.1. The van der Waals surface area contributed by atoms with Crippen LogP contribution in [0.5, 0.6) is 0 Å². The monoisotopic (exact) mass is 586 g/mol. The van der Waals surface area contributed by atoms with Crippen LogP contribution in [-0.4, -0.2) is 56.5 Å². The number of carbonyl (C=O) groups excluding carboxylic acids is 3. The lowest BCUT2D eigenvalue weighted by Gasteiger charge is -2.39. The number of hydrogen-bond acceptors (Lipinski definition) is 7. The predicted octanol–water partition coefficient (Wildman–Crippen LogP) is 6.31. The molecule has 2 heterocycles. The van der Waals surface area contributed by atoms with E-state index in [1.165, 1.54) is 18.4 Å². The SMILES string of the molecule is COC(=O)c1sc(C#CC(C)(C)C)cc1N(C(=O)C1CCC(C)CC1)C1CCC(NC(=O)OC2CCOCC2)CC1. The summed E-state index contributed by atoms with van der Waals surface area (Å²) < 4.78 is 16.1. The van der Waals surface area contributed by atoms with Crippen LogP contribution in [0.2, 0.25) is 0 Å². The Morgan fingerprint density at radius 1 is 1.00 bits per heavy atom. The van der Waals surface area contributed by atoms with Gasteiger partial charge in [0.2, 0.25) is 5.91 Å². The van der Waals surface area contributed by atoms with Crippen molar-refractivity contribution in [3.63, 3.8) is 0 Å². The van der Waals surface area contributed by atoms with Crippen LogP contribution in [-0.2, 0) is 19.0 Å². The molecule has 3 aliphatic rings. The van der Waals surface area contributed by atoms with Crippen LogP contribution in [0.4, 0.5) is 10.5 Å². The van der Waals surface area contributed by atoms with Gasteiger partial charge in [-0.15, -0.1) is 11.3 Å². The maximum atomic E-state index is 14.2. The summed E-state index contributed by atoms with van der Waals surface area (Å²) in [5.41, 5.74) is 0.417. The third kappa shape index (κ3) is 8.71. The third-order valence-corrected chi connectivity index (χ3v) is 9.35. The van der Waals surface area contributed by atoms with Gasteiger partial charge in [0.05, 0.1) is 30.9 Å². The van der Waals surface area contributed by atoms with Gasteiger partial charge in [-0.05, 0) is 84.1 Å². The number of hydrogen-bond donors (Lipinski definition) is 1. The second-order valence-electron chi connectivity index (χ2n) is 12.8. The minimum Gasteiger partial charge on any atom is -0.465 e. The van der Waals surface area contributed by atoms with Gasteiger partial charge in [-0.2, -0.15) is 0 Å². The molecule has 1 N–H and O–H groups in total. The van der Waals surface area contributed by atoms with Crippen LogP contribution in [0.3, 0.4) is 0 Å². The van der Waals surface area contributed by atoms with Crippen LogP contribution in [0.15, 0.2) is 6.07 Å². The summed E-state index contributed by atoms with van der Waals surface area (Å²) in [7, 11) is 1.37. The number of esters is 1. The number of nitrogens with zero attached hydrogens (tertiary/aromatic N) is 1. The highest BCUT2D eigenvalue weighted by Gasteiger charge is 2.38. The molecule has 2 amide bonds. The summed E-state index contributed by atoms with van der Waals surface area (Å²) >= 11 is 1.29. The summed E-state index contributed by atoms with van der Waals surface area (Å²) in [6.45, 7) is 9.61. The first-order valence-electron chi connectivity index (χ1n) is 15.2. The fourth-order valence-corrected chi connectivity index (χ4v) is 6.85. The molecule has 1 saturated heterocycles. The van der Waals surface area contributed by atoms with Crippen molar-refractivity contribution in [2.75, 3.05) is 25.2 Å². The average Bonchev–Trinajstić information content (AvgIpc) is 3.37. The molecule has 9 heteroatoms. The Bertz CT molecular complexity index is 1120. The Labute approximate surface area is 248 Å². The second kappa shape index (κ2) is 14.1.